The number of nitrogens with two attached hydrogens (primary N) is 4. The number of rotatable bonds is 5. The maximum Gasteiger partial charge on any atom is 0.311 e. The summed E-state index contributed by atoms with van der Waals surface area (Å²) in [5.74, 6) is 0.883. The zero-order valence-corrected chi connectivity index (χ0v) is 14.6. The Kier molecular flexibility index (Phi) is 8.01. The smallest absolute Gasteiger partial charge is 0.311 e. The number of hydrogen-bond acceptors (Lipinski definition) is 8. The van der Waals surface area contributed by atoms with Gasteiger partial charge in [0.25, 0.3) is 0 Å². The number of nitrogen functional groups attached to an aromatic ring is 4. The lowest BCUT2D eigenvalue weighted by atomic mass is 10.3. The van der Waals surface area contributed by atoms with Gasteiger partial charge in [0, 0.05) is 6.42 Å². The van der Waals surface area contributed by atoms with Gasteiger partial charge in [-0.25, -0.2) is 4.98 Å². The van der Waals surface area contributed by atoms with Gasteiger partial charge in [0.15, 0.2) is 5.75 Å². The fourth-order valence-electron chi connectivity index (χ4n) is 1.79. The summed E-state index contributed by atoms with van der Waals surface area (Å²) in [5.41, 5.74) is 22.5. The summed E-state index contributed by atoms with van der Waals surface area (Å²) in [6.07, 6.45) is 1.20. The molecule has 8 heteroatoms. The standard InChI is InChI=1S/C12H18N2O2.C5H8N4/c1-14(2)9-5-8-12(15)16-11-7-4-3-6-10(11)13;6-3-1-2-4(7)9-5(3)8/h3-4,6-7H,5,8-9,13H2,1-2H3;1-2H,6H2,(H4,7,8,9). The van der Waals surface area contributed by atoms with Gasteiger partial charge >= 0.3 is 5.97 Å². The molecule has 2 aromatic rings. The number of carbonyl (C=O) groups is 1. The monoisotopic (exact) mass is 346 g/mol. The molecule has 1 aromatic carbocycles. The van der Waals surface area contributed by atoms with Gasteiger partial charge in [-0.15, -0.1) is 0 Å². The lowest BCUT2D eigenvalue weighted by Gasteiger charge is -2.09. The Morgan fingerprint density at radius 2 is 1.72 bits per heavy atom. The zero-order chi connectivity index (χ0) is 18.8. The molecule has 0 aliphatic heterocycles. The van der Waals surface area contributed by atoms with Gasteiger partial charge < -0.3 is 32.6 Å². The molecule has 1 aromatic heterocycles. The number of hydrogen-bond donors (Lipinski definition) is 4. The van der Waals surface area contributed by atoms with Crippen LogP contribution in [-0.4, -0.2) is 36.5 Å². The van der Waals surface area contributed by atoms with Crippen molar-refractivity contribution in [1.82, 2.24) is 9.88 Å². The summed E-state index contributed by atoms with van der Waals surface area (Å²) >= 11 is 0. The van der Waals surface area contributed by atoms with E-state index in [1.165, 1.54) is 0 Å². The summed E-state index contributed by atoms with van der Waals surface area (Å²) in [6.45, 7) is 0.874. The Labute approximate surface area is 147 Å². The molecule has 8 nitrogen and oxygen atoms in total. The second-order valence-electron chi connectivity index (χ2n) is 5.63. The summed E-state index contributed by atoms with van der Waals surface area (Å²) in [4.78, 5) is 17.2. The third kappa shape index (κ3) is 7.89. The van der Waals surface area contributed by atoms with Crippen LogP contribution >= 0.6 is 0 Å². The van der Waals surface area contributed by atoms with Crippen molar-refractivity contribution in [2.45, 2.75) is 12.8 Å². The van der Waals surface area contributed by atoms with Crippen LogP contribution in [0.5, 0.6) is 5.75 Å². The Balaban J connectivity index is 0.000000293. The molecule has 0 saturated heterocycles. The molecule has 1 heterocycles. The van der Waals surface area contributed by atoms with E-state index in [1.807, 2.05) is 19.0 Å². The molecule has 0 saturated carbocycles. The molecule has 0 amide bonds. The Morgan fingerprint density at radius 1 is 1.04 bits per heavy atom. The first-order valence-electron chi connectivity index (χ1n) is 7.77. The van der Waals surface area contributed by atoms with E-state index >= 15 is 0 Å². The second kappa shape index (κ2) is 9.99. The number of carbonyl (C=O) groups excluding carboxylic acids is 1. The Hall–Kier alpha value is -3.00. The van der Waals surface area contributed by atoms with Crippen LogP contribution in [0.15, 0.2) is 36.4 Å². The molecular weight excluding hydrogens is 320 g/mol. The number of benzene rings is 1. The fourth-order valence-corrected chi connectivity index (χ4v) is 1.79. The third-order valence-corrected chi connectivity index (χ3v) is 3.11. The van der Waals surface area contributed by atoms with E-state index in [-0.39, 0.29) is 11.8 Å². The van der Waals surface area contributed by atoms with Gasteiger partial charge in [-0.05, 0) is 51.3 Å². The normalized spacial score (nSPS) is 10.0. The maximum atomic E-state index is 11.4. The van der Waals surface area contributed by atoms with Gasteiger partial charge in [-0.1, -0.05) is 12.1 Å². The van der Waals surface area contributed by atoms with E-state index in [4.69, 9.17) is 27.7 Å². The van der Waals surface area contributed by atoms with Crippen LogP contribution in [0, 0.1) is 0 Å². The molecule has 0 atom stereocenters. The van der Waals surface area contributed by atoms with Crippen molar-refractivity contribution in [1.29, 1.82) is 0 Å². The quantitative estimate of drug-likeness (QED) is 0.360. The van der Waals surface area contributed by atoms with Gasteiger partial charge in [-0.2, -0.15) is 0 Å². The average Bonchev–Trinajstić information content (AvgIpc) is 2.54. The van der Waals surface area contributed by atoms with Crippen molar-refractivity contribution in [3.05, 3.63) is 36.4 Å². The Morgan fingerprint density at radius 3 is 2.28 bits per heavy atom. The highest BCUT2D eigenvalue weighted by Gasteiger charge is 2.06. The van der Waals surface area contributed by atoms with Crippen LogP contribution in [0.2, 0.25) is 0 Å². The first kappa shape index (κ1) is 20.0. The van der Waals surface area contributed by atoms with E-state index < -0.39 is 0 Å². The molecule has 136 valence electrons. The highest BCUT2D eigenvalue weighted by Crippen LogP contribution is 2.20. The second-order valence-corrected chi connectivity index (χ2v) is 5.63. The van der Waals surface area contributed by atoms with Crippen molar-refractivity contribution in [3.8, 4) is 5.75 Å². The van der Waals surface area contributed by atoms with E-state index in [2.05, 4.69) is 4.98 Å². The van der Waals surface area contributed by atoms with Crippen LogP contribution in [0.4, 0.5) is 23.0 Å². The van der Waals surface area contributed by atoms with Gasteiger partial charge in [-0.3, -0.25) is 4.79 Å². The first-order chi connectivity index (χ1) is 11.8. The summed E-state index contributed by atoms with van der Waals surface area (Å²) < 4.78 is 5.14. The van der Waals surface area contributed by atoms with Gasteiger partial charge in [0.2, 0.25) is 0 Å². The third-order valence-electron chi connectivity index (χ3n) is 3.11. The van der Waals surface area contributed by atoms with E-state index in [9.17, 15) is 4.79 Å². The SMILES string of the molecule is CN(C)CCCC(=O)Oc1ccccc1N.Nc1ccc(N)c(N)n1. The molecule has 2 rings (SSSR count). The number of pyridine rings is 1. The number of para-hydroxylation sites is 2. The predicted octanol–water partition coefficient (Wildman–Crippen LogP) is 1.34. The van der Waals surface area contributed by atoms with Crippen LogP contribution in [0.1, 0.15) is 12.8 Å². The number of ether oxygens (including phenoxy) is 1. The minimum atomic E-state index is -0.236. The number of aromatic nitrogens is 1. The lowest BCUT2D eigenvalue weighted by Crippen LogP contribution is -2.16. The van der Waals surface area contributed by atoms with E-state index in [0.29, 0.717) is 29.4 Å². The molecule has 0 bridgehead atoms. The zero-order valence-electron chi connectivity index (χ0n) is 14.6. The molecule has 0 aliphatic carbocycles. The molecule has 25 heavy (non-hydrogen) atoms. The summed E-state index contributed by atoms with van der Waals surface area (Å²) in [7, 11) is 3.95. The molecule has 0 spiro atoms. The highest BCUT2D eigenvalue weighted by molar-refractivity contribution is 5.74. The lowest BCUT2D eigenvalue weighted by molar-refractivity contribution is -0.134. The number of anilines is 4. The minimum absolute atomic E-state index is 0.236. The first-order valence-corrected chi connectivity index (χ1v) is 7.77. The fraction of sp³-hybridized carbons (Fsp3) is 0.294. The number of nitrogens with zero attached hydrogens (tertiary/aromatic N) is 2. The number of esters is 1. The Bertz CT molecular complexity index is 691. The van der Waals surface area contributed by atoms with Crippen molar-refractivity contribution < 1.29 is 9.53 Å². The van der Waals surface area contributed by atoms with Crippen molar-refractivity contribution >= 4 is 29.0 Å². The topological polar surface area (TPSA) is 147 Å². The van der Waals surface area contributed by atoms with Crippen LogP contribution in [0.25, 0.3) is 0 Å². The van der Waals surface area contributed by atoms with Gasteiger partial charge in [0.05, 0.1) is 11.4 Å². The van der Waals surface area contributed by atoms with Crippen molar-refractivity contribution in [2.75, 3.05) is 43.6 Å². The van der Waals surface area contributed by atoms with Crippen molar-refractivity contribution in [3.63, 3.8) is 0 Å². The highest BCUT2D eigenvalue weighted by atomic mass is 16.5. The molecular formula is C17H26N6O2. The summed E-state index contributed by atoms with van der Waals surface area (Å²) in [6, 6.07) is 10.2. The largest absolute Gasteiger partial charge is 0.424 e. The predicted molar refractivity (Wildman–Crippen MR) is 102 cm³/mol. The molecule has 0 radical (unpaired) electrons. The average molecular weight is 346 g/mol. The van der Waals surface area contributed by atoms with Crippen LogP contribution in [0.3, 0.4) is 0 Å². The molecule has 8 N–H and O–H groups in total. The van der Waals surface area contributed by atoms with Crippen LogP contribution < -0.4 is 27.7 Å². The molecule has 0 unspecified atom stereocenters. The molecule has 0 fully saturated rings. The minimum Gasteiger partial charge on any atom is -0.424 e. The molecule has 0 aliphatic rings. The van der Waals surface area contributed by atoms with Crippen molar-refractivity contribution in [2.24, 2.45) is 0 Å². The van der Waals surface area contributed by atoms with E-state index in [0.717, 1.165) is 13.0 Å². The summed E-state index contributed by atoms with van der Waals surface area (Å²) in [5, 5.41) is 0. The maximum absolute atomic E-state index is 11.4. The van der Waals surface area contributed by atoms with Gasteiger partial charge in [0.1, 0.15) is 11.6 Å². The van der Waals surface area contributed by atoms with Crippen LogP contribution in [-0.2, 0) is 4.79 Å². The van der Waals surface area contributed by atoms with E-state index in [1.54, 1.807) is 36.4 Å².